The Labute approximate surface area is 133 Å². The van der Waals surface area contributed by atoms with Crippen LogP contribution in [0.5, 0.6) is 0 Å². The van der Waals surface area contributed by atoms with Crippen molar-refractivity contribution in [1.82, 2.24) is 9.38 Å². The zero-order valence-electron chi connectivity index (χ0n) is 12.8. The fourth-order valence-corrected chi connectivity index (χ4v) is 3.06. The van der Waals surface area contributed by atoms with E-state index in [0.717, 1.165) is 27.4 Å². The Bertz CT molecular complexity index is 1030. The summed E-state index contributed by atoms with van der Waals surface area (Å²) in [4.78, 5) is 15.8. The van der Waals surface area contributed by atoms with E-state index in [-0.39, 0.29) is 5.97 Å². The molecule has 0 spiro atoms. The van der Waals surface area contributed by atoms with Crippen molar-refractivity contribution in [1.29, 1.82) is 0 Å². The zero-order chi connectivity index (χ0) is 15.8. The van der Waals surface area contributed by atoms with Crippen LogP contribution in [-0.4, -0.2) is 22.0 Å². The summed E-state index contributed by atoms with van der Waals surface area (Å²) < 4.78 is 7.19. The van der Waals surface area contributed by atoms with E-state index in [1.54, 1.807) is 0 Å². The van der Waals surface area contributed by atoms with Gasteiger partial charge in [-0.1, -0.05) is 12.1 Å². The molecular formula is C19H16N2O2. The van der Waals surface area contributed by atoms with Gasteiger partial charge in [-0.25, -0.2) is 0 Å². The molecule has 0 saturated carbocycles. The lowest BCUT2D eigenvalue weighted by Crippen LogP contribution is -2.07. The maximum Gasteiger partial charge on any atom is 0.310 e. The molecule has 0 aliphatic carbocycles. The molecule has 4 heteroatoms. The van der Waals surface area contributed by atoms with E-state index < -0.39 is 0 Å². The molecule has 0 atom stereocenters. The second kappa shape index (κ2) is 5.39. The number of aromatic nitrogens is 2. The molecule has 4 rings (SSSR count). The third-order valence-corrected chi connectivity index (χ3v) is 4.08. The van der Waals surface area contributed by atoms with E-state index in [9.17, 15) is 4.79 Å². The van der Waals surface area contributed by atoms with Crippen molar-refractivity contribution in [2.45, 2.75) is 13.3 Å². The molecule has 0 radical (unpaired) electrons. The van der Waals surface area contributed by atoms with Gasteiger partial charge in [0.2, 0.25) is 0 Å². The van der Waals surface area contributed by atoms with Crippen LogP contribution < -0.4 is 0 Å². The second-order valence-corrected chi connectivity index (χ2v) is 5.56. The van der Waals surface area contributed by atoms with Crippen LogP contribution in [0.1, 0.15) is 12.5 Å². The molecule has 0 unspecified atom stereocenters. The van der Waals surface area contributed by atoms with Gasteiger partial charge >= 0.3 is 5.97 Å². The fourth-order valence-electron chi connectivity index (χ4n) is 3.06. The van der Waals surface area contributed by atoms with Crippen LogP contribution in [0.3, 0.4) is 0 Å². The van der Waals surface area contributed by atoms with Gasteiger partial charge in [-0.15, -0.1) is 0 Å². The van der Waals surface area contributed by atoms with Gasteiger partial charge in [0.15, 0.2) is 0 Å². The van der Waals surface area contributed by atoms with Gasteiger partial charge in [-0.05, 0) is 42.1 Å². The van der Waals surface area contributed by atoms with Crippen molar-refractivity contribution < 1.29 is 9.53 Å². The number of rotatable bonds is 3. The molecule has 0 fully saturated rings. The molecule has 4 nitrogen and oxygen atoms in total. The average Bonchev–Trinajstić information content (AvgIpc) is 2.93. The lowest BCUT2D eigenvalue weighted by Gasteiger charge is -2.06. The van der Waals surface area contributed by atoms with Crippen molar-refractivity contribution in [2.24, 2.45) is 0 Å². The van der Waals surface area contributed by atoms with Crippen LogP contribution in [0.4, 0.5) is 0 Å². The average molecular weight is 304 g/mol. The number of ether oxygens (including phenoxy) is 1. The summed E-state index contributed by atoms with van der Waals surface area (Å²) in [5.41, 5.74) is 3.24. The number of carbonyl (C=O) groups excluding carboxylic acids is 1. The number of hydrogen-bond donors (Lipinski definition) is 0. The maximum atomic E-state index is 11.6. The summed E-state index contributed by atoms with van der Waals surface area (Å²) >= 11 is 0. The normalized spacial score (nSPS) is 11.3. The molecule has 0 N–H and O–H groups in total. The lowest BCUT2D eigenvalue weighted by atomic mass is 10.1. The lowest BCUT2D eigenvalue weighted by molar-refractivity contribution is -0.142. The topological polar surface area (TPSA) is 43.6 Å². The van der Waals surface area contributed by atoms with Gasteiger partial charge in [0.05, 0.1) is 24.1 Å². The van der Waals surface area contributed by atoms with Crippen LogP contribution in [0.15, 0.2) is 55.0 Å². The van der Waals surface area contributed by atoms with Crippen LogP contribution in [-0.2, 0) is 16.0 Å². The Morgan fingerprint density at radius 1 is 1.13 bits per heavy atom. The number of fused-ring (bicyclic) bond motifs is 5. The smallest absolute Gasteiger partial charge is 0.310 e. The van der Waals surface area contributed by atoms with Gasteiger partial charge in [-0.3, -0.25) is 9.78 Å². The summed E-state index contributed by atoms with van der Waals surface area (Å²) in [5.74, 6) is -0.189. The standard InChI is InChI=1S/C19H16N2O2/c1-2-23-19(22)10-13-3-5-17-14(9-13)4-6-18-16-7-8-20-11-15(16)12-21(17)18/h3-9,11-12H,2,10H2,1H3. The van der Waals surface area contributed by atoms with E-state index >= 15 is 0 Å². The Balaban J connectivity index is 1.85. The number of esters is 1. The van der Waals surface area contributed by atoms with Crippen molar-refractivity contribution >= 4 is 33.2 Å². The van der Waals surface area contributed by atoms with Gasteiger partial charge in [0, 0.05) is 29.4 Å². The molecule has 0 amide bonds. The van der Waals surface area contributed by atoms with E-state index in [1.807, 2.05) is 31.5 Å². The number of pyridine rings is 2. The molecular weight excluding hydrogens is 288 g/mol. The molecule has 3 aromatic heterocycles. The summed E-state index contributed by atoms with van der Waals surface area (Å²) in [6, 6.07) is 12.3. The Morgan fingerprint density at radius 2 is 2.00 bits per heavy atom. The monoisotopic (exact) mass is 304 g/mol. The number of hydrogen-bond acceptors (Lipinski definition) is 3. The largest absolute Gasteiger partial charge is 0.466 e. The summed E-state index contributed by atoms with van der Waals surface area (Å²) in [5, 5.41) is 3.42. The van der Waals surface area contributed by atoms with E-state index in [2.05, 4.69) is 39.8 Å². The highest BCUT2D eigenvalue weighted by Crippen LogP contribution is 2.26. The number of benzene rings is 1. The summed E-state index contributed by atoms with van der Waals surface area (Å²) in [6.45, 7) is 2.23. The van der Waals surface area contributed by atoms with Gasteiger partial charge < -0.3 is 9.14 Å². The predicted octanol–water partition coefficient (Wildman–Crippen LogP) is 3.75. The third kappa shape index (κ3) is 2.32. The molecule has 0 aliphatic rings. The second-order valence-electron chi connectivity index (χ2n) is 5.56. The minimum Gasteiger partial charge on any atom is -0.466 e. The summed E-state index contributed by atoms with van der Waals surface area (Å²) in [6.07, 6.45) is 6.10. The first-order chi connectivity index (χ1) is 11.3. The van der Waals surface area contributed by atoms with Crippen LogP contribution in [0.2, 0.25) is 0 Å². The first-order valence-electron chi connectivity index (χ1n) is 7.68. The van der Waals surface area contributed by atoms with E-state index in [1.165, 1.54) is 5.39 Å². The first-order valence-corrected chi connectivity index (χ1v) is 7.68. The molecule has 0 aliphatic heterocycles. The minimum atomic E-state index is -0.189. The van der Waals surface area contributed by atoms with E-state index in [4.69, 9.17) is 4.74 Å². The minimum absolute atomic E-state index is 0.189. The highest BCUT2D eigenvalue weighted by molar-refractivity contribution is 6.00. The number of nitrogens with zero attached hydrogens (tertiary/aromatic N) is 2. The Hall–Kier alpha value is -2.88. The van der Waals surface area contributed by atoms with E-state index in [0.29, 0.717) is 13.0 Å². The van der Waals surface area contributed by atoms with Gasteiger partial charge in [-0.2, -0.15) is 0 Å². The summed E-state index contributed by atoms with van der Waals surface area (Å²) in [7, 11) is 0. The van der Waals surface area contributed by atoms with Crippen molar-refractivity contribution in [3.05, 3.63) is 60.6 Å². The van der Waals surface area contributed by atoms with Gasteiger partial charge in [0.25, 0.3) is 0 Å². The molecule has 114 valence electrons. The third-order valence-electron chi connectivity index (χ3n) is 4.08. The Morgan fingerprint density at radius 3 is 2.87 bits per heavy atom. The SMILES string of the molecule is CCOC(=O)Cc1ccc2c(ccc3c4ccncc4cn23)c1. The predicted molar refractivity (Wildman–Crippen MR) is 90.5 cm³/mol. The van der Waals surface area contributed by atoms with Crippen molar-refractivity contribution in [2.75, 3.05) is 6.61 Å². The maximum absolute atomic E-state index is 11.6. The molecule has 4 aromatic rings. The molecule has 23 heavy (non-hydrogen) atoms. The highest BCUT2D eigenvalue weighted by Gasteiger charge is 2.08. The zero-order valence-corrected chi connectivity index (χ0v) is 12.8. The van der Waals surface area contributed by atoms with Crippen molar-refractivity contribution in [3.63, 3.8) is 0 Å². The fraction of sp³-hybridized carbons (Fsp3) is 0.158. The van der Waals surface area contributed by atoms with Crippen LogP contribution >= 0.6 is 0 Å². The van der Waals surface area contributed by atoms with Gasteiger partial charge in [0.1, 0.15) is 0 Å². The molecule has 3 heterocycles. The van der Waals surface area contributed by atoms with Crippen LogP contribution in [0, 0.1) is 0 Å². The molecule has 0 bridgehead atoms. The van der Waals surface area contributed by atoms with Crippen molar-refractivity contribution in [3.8, 4) is 0 Å². The number of carbonyl (C=O) groups is 1. The molecule has 0 saturated heterocycles. The first kappa shape index (κ1) is 13.8. The quantitative estimate of drug-likeness (QED) is 0.541. The Kier molecular flexibility index (Phi) is 3.23. The highest BCUT2D eigenvalue weighted by atomic mass is 16.5. The molecule has 1 aromatic carbocycles. The van der Waals surface area contributed by atoms with Crippen LogP contribution in [0.25, 0.3) is 27.2 Å².